The summed E-state index contributed by atoms with van der Waals surface area (Å²) >= 11 is 0. The van der Waals surface area contributed by atoms with Gasteiger partial charge in [-0.15, -0.1) is 0 Å². The van der Waals surface area contributed by atoms with Crippen LogP contribution in [0.1, 0.15) is 31.1 Å². The molecule has 1 aliphatic heterocycles. The molecule has 0 radical (unpaired) electrons. The van der Waals surface area contributed by atoms with Gasteiger partial charge in [0.05, 0.1) is 6.54 Å². The normalized spacial score (nSPS) is 19.4. The van der Waals surface area contributed by atoms with Crippen LogP contribution < -0.4 is 0 Å². The predicted octanol–water partition coefficient (Wildman–Crippen LogP) is 2.21. The average molecular weight is 299 g/mol. The second-order valence-corrected chi connectivity index (χ2v) is 6.77. The predicted molar refractivity (Wildman–Crippen MR) is 87.3 cm³/mol. The minimum Gasteiger partial charge on any atom is -0.293 e. The van der Waals surface area contributed by atoms with Crippen molar-refractivity contribution in [2.45, 2.75) is 39.4 Å². The smallest absolute Gasteiger partial charge is 0.164 e. The van der Waals surface area contributed by atoms with Gasteiger partial charge in [0, 0.05) is 31.7 Å². The molecular formula is C17H25N5. The number of hydrogen-bond donors (Lipinski definition) is 1. The number of rotatable bonds is 4. The van der Waals surface area contributed by atoms with Crippen molar-refractivity contribution in [3.8, 4) is 0 Å². The van der Waals surface area contributed by atoms with Crippen molar-refractivity contribution < 1.29 is 0 Å². The van der Waals surface area contributed by atoms with Crippen LogP contribution in [0.3, 0.4) is 0 Å². The van der Waals surface area contributed by atoms with Gasteiger partial charge in [0.25, 0.3) is 0 Å². The molecule has 5 heteroatoms. The van der Waals surface area contributed by atoms with Crippen molar-refractivity contribution in [3.63, 3.8) is 0 Å². The Kier molecular flexibility index (Phi) is 4.27. The molecule has 3 rings (SSSR count). The lowest BCUT2D eigenvalue weighted by Gasteiger charge is -2.47. The van der Waals surface area contributed by atoms with Gasteiger partial charge in [0.15, 0.2) is 5.82 Å². The SMILES string of the molecule is Cc1nc(CN2CCN(Cc3ccccc3)C(C)(C)C2)n[nH]1. The summed E-state index contributed by atoms with van der Waals surface area (Å²) in [6.07, 6.45) is 0. The zero-order valence-corrected chi connectivity index (χ0v) is 13.7. The number of aromatic nitrogens is 3. The van der Waals surface area contributed by atoms with Crippen LogP contribution in [0.2, 0.25) is 0 Å². The van der Waals surface area contributed by atoms with E-state index in [9.17, 15) is 0 Å². The largest absolute Gasteiger partial charge is 0.293 e. The number of nitrogens with zero attached hydrogens (tertiary/aromatic N) is 4. The number of benzene rings is 1. The molecule has 2 aromatic rings. The van der Waals surface area contributed by atoms with Crippen LogP contribution in [0.4, 0.5) is 0 Å². The van der Waals surface area contributed by atoms with E-state index in [0.717, 1.165) is 44.4 Å². The number of hydrogen-bond acceptors (Lipinski definition) is 4. The fourth-order valence-corrected chi connectivity index (χ4v) is 3.18. The molecule has 0 spiro atoms. The van der Waals surface area contributed by atoms with Crippen molar-refractivity contribution in [1.29, 1.82) is 0 Å². The quantitative estimate of drug-likeness (QED) is 0.940. The van der Waals surface area contributed by atoms with Crippen molar-refractivity contribution in [3.05, 3.63) is 47.5 Å². The van der Waals surface area contributed by atoms with Gasteiger partial charge in [-0.25, -0.2) is 4.98 Å². The van der Waals surface area contributed by atoms with E-state index in [4.69, 9.17) is 0 Å². The van der Waals surface area contributed by atoms with Crippen LogP contribution in [-0.4, -0.2) is 50.2 Å². The Hall–Kier alpha value is -1.72. The Morgan fingerprint density at radius 3 is 2.55 bits per heavy atom. The van der Waals surface area contributed by atoms with Crippen LogP contribution >= 0.6 is 0 Å². The maximum atomic E-state index is 4.42. The molecule has 1 fully saturated rings. The lowest BCUT2D eigenvalue weighted by Crippen LogP contribution is -2.58. The molecule has 2 heterocycles. The van der Waals surface area contributed by atoms with Crippen LogP contribution in [-0.2, 0) is 13.1 Å². The third-order valence-electron chi connectivity index (χ3n) is 4.38. The molecule has 0 bridgehead atoms. The Balaban J connectivity index is 1.61. The number of aryl methyl sites for hydroxylation is 1. The van der Waals surface area contributed by atoms with E-state index in [-0.39, 0.29) is 5.54 Å². The van der Waals surface area contributed by atoms with Crippen molar-refractivity contribution in [2.24, 2.45) is 0 Å². The van der Waals surface area contributed by atoms with E-state index >= 15 is 0 Å². The van der Waals surface area contributed by atoms with Gasteiger partial charge in [0.2, 0.25) is 0 Å². The maximum absolute atomic E-state index is 4.42. The molecular weight excluding hydrogens is 274 g/mol. The summed E-state index contributed by atoms with van der Waals surface area (Å²) in [5.74, 6) is 1.78. The molecule has 5 nitrogen and oxygen atoms in total. The van der Waals surface area contributed by atoms with Crippen LogP contribution in [0.5, 0.6) is 0 Å². The summed E-state index contributed by atoms with van der Waals surface area (Å²) in [5.41, 5.74) is 1.54. The summed E-state index contributed by atoms with van der Waals surface area (Å²) in [7, 11) is 0. The molecule has 1 aliphatic rings. The monoisotopic (exact) mass is 299 g/mol. The molecule has 0 atom stereocenters. The fourth-order valence-electron chi connectivity index (χ4n) is 3.18. The number of H-pyrrole nitrogens is 1. The first kappa shape index (κ1) is 15.2. The molecule has 0 amide bonds. The summed E-state index contributed by atoms with van der Waals surface area (Å²) in [4.78, 5) is 9.44. The highest BCUT2D eigenvalue weighted by Gasteiger charge is 2.33. The van der Waals surface area contributed by atoms with Gasteiger partial charge in [-0.05, 0) is 26.3 Å². The first-order valence-electron chi connectivity index (χ1n) is 7.92. The summed E-state index contributed by atoms with van der Waals surface area (Å²) < 4.78 is 0. The molecule has 1 aromatic heterocycles. The van der Waals surface area contributed by atoms with E-state index in [1.807, 2.05) is 6.92 Å². The molecule has 0 saturated carbocycles. The highest BCUT2D eigenvalue weighted by atomic mass is 15.3. The van der Waals surface area contributed by atoms with Gasteiger partial charge in [-0.1, -0.05) is 30.3 Å². The lowest BCUT2D eigenvalue weighted by atomic mass is 9.97. The minimum atomic E-state index is 0.152. The van der Waals surface area contributed by atoms with E-state index < -0.39 is 0 Å². The van der Waals surface area contributed by atoms with Gasteiger partial charge >= 0.3 is 0 Å². The zero-order chi connectivity index (χ0) is 15.6. The van der Waals surface area contributed by atoms with Gasteiger partial charge in [-0.2, -0.15) is 5.10 Å². The molecule has 0 aliphatic carbocycles. The summed E-state index contributed by atoms with van der Waals surface area (Å²) in [6, 6.07) is 10.7. The first-order chi connectivity index (χ1) is 10.5. The Morgan fingerprint density at radius 1 is 1.14 bits per heavy atom. The standard InChI is InChI=1S/C17H25N5/c1-14-18-16(20-19-14)12-21-9-10-22(17(2,3)13-21)11-15-7-5-4-6-8-15/h4-8H,9-13H2,1-3H3,(H,18,19,20). The fraction of sp³-hybridized carbons (Fsp3) is 0.529. The Morgan fingerprint density at radius 2 is 1.91 bits per heavy atom. The van der Waals surface area contributed by atoms with E-state index in [1.165, 1.54) is 5.56 Å². The van der Waals surface area contributed by atoms with Gasteiger partial charge in [0.1, 0.15) is 5.82 Å². The molecule has 1 saturated heterocycles. The van der Waals surface area contributed by atoms with Gasteiger partial charge in [-0.3, -0.25) is 14.9 Å². The minimum absolute atomic E-state index is 0.152. The van der Waals surface area contributed by atoms with E-state index in [0.29, 0.717) is 0 Å². The van der Waals surface area contributed by atoms with Gasteiger partial charge < -0.3 is 0 Å². The number of piperazine rings is 1. The van der Waals surface area contributed by atoms with Crippen molar-refractivity contribution in [1.82, 2.24) is 25.0 Å². The van der Waals surface area contributed by atoms with Crippen LogP contribution in [0, 0.1) is 6.92 Å². The molecule has 1 aromatic carbocycles. The summed E-state index contributed by atoms with van der Waals surface area (Å²) in [5, 5.41) is 7.18. The molecule has 118 valence electrons. The first-order valence-corrected chi connectivity index (χ1v) is 7.92. The topological polar surface area (TPSA) is 48.1 Å². The lowest BCUT2D eigenvalue weighted by molar-refractivity contribution is 0.00934. The highest BCUT2D eigenvalue weighted by Crippen LogP contribution is 2.24. The van der Waals surface area contributed by atoms with E-state index in [1.54, 1.807) is 0 Å². The third kappa shape index (κ3) is 3.54. The van der Waals surface area contributed by atoms with Crippen LogP contribution in [0.25, 0.3) is 0 Å². The average Bonchev–Trinajstić information content (AvgIpc) is 2.88. The molecule has 22 heavy (non-hydrogen) atoms. The van der Waals surface area contributed by atoms with Crippen molar-refractivity contribution >= 4 is 0 Å². The highest BCUT2D eigenvalue weighted by molar-refractivity contribution is 5.15. The number of nitrogens with one attached hydrogen (secondary N) is 1. The number of aromatic amines is 1. The Bertz CT molecular complexity index is 605. The molecule has 1 N–H and O–H groups in total. The third-order valence-corrected chi connectivity index (χ3v) is 4.38. The second kappa shape index (κ2) is 6.18. The summed E-state index contributed by atoms with van der Waals surface area (Å²) in [6.45, 7) is 11.6. The van der Waals surface area contributed by atoms with E-state index in [2.05, 4.69) is 69.2 Å². The zero-order valence-electron chi connectivity index (χ0n) is 13.7. The second-order valence-electron chi connectivity index (χ2n) is 6.77. The van der Waals surface area contributed by atoms with Crippen LogP contribution in [0.15, 0.2) is 30.3 Å². The van der Waals surface area contributed by atoms with Crippen molar-refractivity contribution in [2.75, 3.05) is 19.6 Å². The molecule has 0 unspecified atom stereocenters. The maximum Gasteiger partial charge on any atom is 0.164 e. The Labute approximate surface area is 132 Å².